The van der Waals surface area contributed by atoms with Crippen LogP contribution in [0.25, 0.3) is 0 Å². The van der Waals surface area contributed by atoms with Crippen molar-refractivity contribution in [3.05, 3.63) is 59.4 Å². The van der Waals surface area contributed by atoms with Gasteiger partial charge in [0.05, 0.1) is 19.7 Å². The lowest BCUT2D eigenvalue weighted by atomic mass is 10.1. The molecule has 6 nitrogen and oxygen atoms in total. The van der Waals surface area contributed by atoms with Crippen molar-refractivity contribution in [3.63, 3.8) is 0 Å². The van der Waals surface area contributed by atoms with Gasteiger partial charge in [0.1, 0.15) is 0 Å². The highest BCUT2D eigenvalue weighted by molar-refractivity contribution is 6.53. The van der Waals surface area contributed by atoms with Crippen LogP contribution in [0.3, 0.4) is 0 Å². The van der Waals surface area contributed by atoms with Crippen LogP contribution in [0.2, 0.25) is 0 Å². The minimum absolute atomic E-state index is 0.0829. The third kappa shape index (κ3) is 8.15. The first-order chi connectivity index (χ1) is 15.3. The fraction of sp³-hybridized carbons (Fsp3) is 0.500. The van der Waals surface area contributed by atoms with E-state index in [0.29, 0.717) is 19.7 Å². The number of unbranched alkanes of at least 4 members (excludes halogenated alkanes) is 1. The molecular formula is C24H33Cl2N3O3. The summed E-state index contributed by atoms with van der Waals surface area (Å²) < 4.78 is 7.22. The van der Waals surface area contributed by atoms with Crippen molar-refractivity contribution >= 4 is 35.0 Å². The zero-order chi connectivity index (χ0) is 23.5. The molecule has 8 heteroatoms. The number of aromatic nitrogens is 1. The number of benzene rings is 1. The summed E-state index contributed by atoms with van der Waals surface area (Å²) in [5.74, 6) is -0.628. The second kappa shape index (κ2) is 13.5. The molecule has 0 fully saturated rings. The molecule has 0 N–H and O–H groups in total. The smallest absolute Gasteiger partial charge is 0.256 e. The standard InChI is InChI=1S/C24H33Cl2N3O3/c1-4-5-11-28(22(30)18-29(13-14-32-3)24(31)23(25)26)17-21-10-7-12-27(21)16-20-9-6-8-19(2)15-20/h6-10,12,15,23H,4-5,11,13-14,16-18H2,1-3H3. The average Bonchev–Trinajstić information content (AvgIpc) is 3.19. The quantitative estimate of drug-likeness (QED) is 0.401. The largest absolute Gasteiger partial charge is 0.383 e. The van der Waals surface area contributed by atoms with E-state index in [-0.39, 0.29) is 19.0 Å². The number of amides is 2. The van der Waals surface area contributed by atoms with Crippen LogP contribution in [0.15, 0.2) is 42.6 Å². The number of hydrogen-bond donors (Lipinski definition) is 0. The maximum Gasteiger partial charge on any atom is 0.256 e. The van der Waals surface area contributed by atoms with Gasteiger partial charge in [0.25, 0.3) is 5.91 Å². The fourth-order valence-corrected chi connectivity index (χ4v) is 3.74. The van der Waals surface area contributed by atoms with E-state index < -0.39 is 10.7 Å². The number of ether oxygens (including phenoxy) is 1. The number of aryl methyl sites for hydroxylation is 1. The van der Waals surface area contributed by atoms with Gasteiger partial charge in [-0.05, 0) is 31.0 Å². The van der Waals surface area contributed by atoms with Crippen molar-refractivity contribution in [1.29, 1.82) is 0 Å². The van der Waals surface area contributed by atoms with E-state index >= 15 is 0 Å². The second-order valence-electron chi connectivity index (χ2n) is 7.84. The molecule has 0 spiro atoms. The van der Waals surface area contributed by atoms with Crippen LogP contribution >= 0.6 is 23.2 Å². The van der Waals surface area contributed by atoms with E-state index in [1.807, 2.05) is 18.3 Å². The van der Waals surface area contributed by atoms with Gasteiger partial charge < -0.3 is 19.1 Å². The number of halogens is 2. The van der Waals surface area contributed by atoms with Crippen LogP contribution in [0.4, 0.5) is 0 Å². The Morgan fingerprint density at radius 2 is 1.91 bits per heavy atom. The molecule has 0 saturated heterocycles. The number of hydrogen-bond acceptors (Lipinski definition) is 3. The van der Waals surface area contributed by atoms with E-state index in [1.54, 1.807) is 12.0 Å². The summed E-state index contributed by atoms with van der Waals surface area (Å²) >= 11 is 11.6. The van der Waals surface area contributed by atoms with E-state index in [4.69, 9.17) is 27.9 Å². The minimum atomic E-state index is -1.21. The zero-order valence-corrected chi connectivity index (χ0v) is 20.6. The molecule has 0 aliphatic carbocycles. The molecule has 2 aromatic rings. The second-order valence-corrected chi connectivity index (χ2v) is 8.93. The fourth-order valence-electron chi connectivity index (χ4n) is 3.46. The van der Waals surface area contributed by atoms with Gasteiger partial charge in [0, 0.05) is 38.6 Å². The number of alkyl halides is 2. The molecule has 0 aliphatic rings. The lowest BCUT2D eigenvalue weighted by Crippen LogP contribution is -2.46. The van der Waals surface area contributed by atoms with E-state index in [1.165, 1.54) is 16.0 Å². The van der Waals surface area contributed by atoms with E-state index in [2.05, 4.69) is 42.7 Å². The molecule has 0 aliphatic heterocycles. The van der Waals surface area contributed by atoms with Crippen LogP contribution in [0, 0.1) is 6.92 Å². The van der Waals surface area contributed by atoms with E-state index in [0.717, 1.165) is 25.1 Å². The predicted octanol–water partition coefficient (Wildman–Crippen LogP) is 4.25. The normalized spacial score (nSPS) is 11.1. The van der Waals surface area contributed by atoms with Crippen LogP contribution in [0.1, 0.15) is 36.6 Å². The van der Waals surface area contributed by atoms with Crippen LogP contribution < -0.4 is 0 Å². The van der Waals surface area contributed by atoms with Gasteiger partial charge in [-0.25, -0.2) is 0 Å². The first-order valence-corrected chi connectivity index (χ1v) is 11.8. The third-order valence-corrected chi connectivity index (χ3v) is 5.61. The zero-order valence-electron chi connectivity index (χ0n) is 19.1. The first kappa shape index (κ1) is 26.2. The van der Waals surface area contributed by atoms with Crippen LogP contribution in [-0.4, -0.2) is 64.4 Å². The molecule has 0 saturated carbocycles. The molecule has 1 aromatic heterocycles. The third-order valence-electron chi connectivity index (χ3n) is 5.24. The summed E-state index contributed by atoms with van der Waals surface area (Å²) in [6, 6.07) is 12.4. The van der Waals surface area contributed by atoms with Gasteiger partial charge in [0.15, 0.2) is 4.84 Å². The predicted molar refractivity (Wildman–Crippen MR) is 129 cm³/mol. The Balaban J connectivity index is 2.15. The Kier molecular flexibility index (Phi) is 11.1. The average molecular weight is 482 g/mol. The van der Waals surface area contributed by atoms with Crippen molar-refractivity contribution in [3.8, 4) is 0 Å². The number of nitrogens with zero attached hydrogens (tertiary/aromatic N) is 3. The van der Waals surface area contributed by atoms with Crippen molar-refractivity contribution < 1.29 is 14.3 Å². The Hall–Kier alpha value is -2.02. The first-order valence-electron chi connectivity index (χ1n) is 10.9. The summed E-state index contributed by atoms with van der Waals surface area (Å²) in [5, 5.41) is 0. The summed E-state index contributed by atoms with van der Waals surface area (Å²) in [6.07, 6.45) is 3.87. The number of rotatable bonds is 13. The molecule has 2 rings (SSSR count). The highest BCUT2D eigenvalue weighted by atomic mass is 35.5. The molecule has 0 atom stereocenters. The maximum atomic E-state index is 13.2. The molecule has 32 heavy (non-hydrogen) atoms. The highest BCUT2D eigenvalue weighted by Crippen LogP contribution is 2.14. The molecule has 0 bridgehead atoms. The SMILES string of the molecule is CCCCN(Cc1cccn1Cc1cccc(C)c1)C(=O)CN(CCOC)C(=O)C(Cl)Cl. The van der Waals surface area contributed by atoms with Gasteiger partial charge in [0.2, 0.25) is 5.91 Å². The van der Waals surface area contributed by atoms with Crippen molar-refractivity contribution in [2.75, 3.05) is 33.4 Å². The molecule has 2 amide bonds. The van der Waals surface area contributed by atoms with Gasteiger partial charge >= 0.3 is 0 Å². The lowest BCUT2D eigenvalue weighted by Gasteiger charge is -2.28. The topological polar surface area (TPSA) is 54.8 Å². The van der Waals surface area contributed by atoms with Crippen molar-refractivity contribution in [2.24, 2.45) is 0 Å². The molecule has 0 unspecified atom stereocenters. The Morgan fingerprint density at radius 3 is 2.56 bits per heavy atom. The van der Waals surface area contributed by atoms with Gasteiger partial charge in [-0.3, -0.25) is 9.59 Å². The summed E-state index contributed by atoms with van der Waals surface area (Å²) in [4.78, 5) is 27.5. The molecule has 1 aromatic carbocycles. The highest BCUT2D eigenvalue weighted by Gasteiger charge is 2.25. The Morgan fingerprint density at radius 1 is 1.12 bits per heavy atom. The maximum absolute atomic E-state index is 13.2. The van der Waals surface area contributed by atoms with Crippen molar-refractivity contribution in [1.82, 2.24) is 14.4 Å². The lowest BCUT2D eigenvalue weighted by molar-refractivity contribution is -0.140. The van der Waals surface area contributed by atoms with Crippen LogP contribution in [0.5, 0.6) is 0 Å². The van der Waals surface area contributed by atoms with E-state index in [9.17, 15) is 9.59 Å². The summed E-state index contributed by atoms with van der Waals surface area (Å²) in [5.41, 5.74) is 3.47. The number of carbonyl (C=O) groups is 2. The van der Waals surface area contributed by atoms with Gasteiger partial charge in [-0.2, -0.15) is 0 Å². The summed E-state index contributed by atoms with van der Waals surface area (Å²) in [7, 11) is 1.54. The monoisotopic (exact) mass is 481 g/mol. The summed E-state index contributed by atoms with van der Waals surface area (Å²) in [6.45, 7) is 6.45. The van der Waals surface area contributed by atoms with Crippen molar-refractivity contribution in [2.45, 2.75) is 44.6 Å². The molecular weight excluding hydrogens is 449 g/mol. The van der Waals surface area contributed by atoms with Gasteiger partial charge in [-0.1, -0.05) is 66.4 Å². The Labute approximate surface area is 201 Å². The molecule has 0 radical (unpaired) electrons. The Bertz CT molecular complexity index is 870. The minimum Gasteiger partial charge on any atom is -0.383 e. The number of methoxy groups -OCH3 is 1. The molecule has 176 valence electrons. The van der Waals surface area contributed by atoms with Crippen LogP contribution in [-0.2, 0) is 27.4 Å². The number of carbonyl (C=O) groups excluding carboxylic acids is 2. The van der Waals surface area contributed by atoms with Gasteiger partial charge in [-0.15, -0.1) is 0 Å². The molecule has 1 heterocycles.